The summed E-state index contributed by atoms with van der Waals surface area (Å²) in [7, 11) is 0. The van der Waals surface area contributed by atoms with Crippen LogP contribution in [0.1, 0.15) is 34.2 Å². The fourth-order valence-corrected chi connectivity index (χ4v) is 2.65. The molecule has 0 saturated heterocycles. The molecule has 2 heterocycles. The standard InChI is InChI=1S/C12H10ClN3O2/c13-8-4-2-1-3-7(8)9-5-6-10-11(12(17)18)14-15-16(9)10/h1-4,9H,5-6H2,(H,17,18). The number of carboxylic acids is 1. The largest absolute Gasteiger partial charge is 0.476 e. The minimum atomic E-state index is -1.03. The van der Waals surface area contributed by atoms with E-state index in [9.17, 15) is 4.79 Å². The predicted octanol–water partition coefficient (Wildman–Crippen LogP) is 2.17. The lowest BCUT2D eigenvalue weighted by Gasteiger charge is -2.12. The molecule has 18 heavy (non-hydrogen) atoms. The van der Waals surface area contributed by atoms with Crippen LogP contribution in [0.2, 0.25) is 5.02 Å². The molecule has 1 unspecified atom stereocenters. The summed E-state index contributed by atoms with van der Waals surface area (Å²) in [5, 5.41) is 17.3. The molecular formula is C12H10ClN3O2. The first-order chi connectivity index (χ1) is 8.68. The Morgan fingerprint density at radius 1 is 1.44 bits per heavy atom. The number of carboxylic acid groups (broad SMARTS) is 1. The quantitative estimate of drug-likeness (QED) is 0.902. The van der Waals surface area contributed by atoms with Gasteiger partial charge in [0.1, 0.15) is 0 Å². The molecule has 0 aliphatic carbocycles. The van der Waals surface area contributed by atoms with Gasteiger partial charge in [0.2, 0.25) is 0 Å². The number of rotatable bonds is 2. The molecule has 1 aliphatic heterocycles. The number of aromatic nitrogens is 3. The second-order valence-electron chi connectivity index (χ2n) is 4.21. The maximum Gasteiger partial charge on any atom is 0.358 e. The van der Waals surface area contributed by atoms with Gasteiger partial charge in [-0.05, 0) is 24.5 Å². The smallest absolute Gasteiger partial charge is 0.358 e. The molecule has 3 rings (SSSR count). The van der Waals surface area contributed by atoms with Crippen molar-refractivity contribution in [3.63, 3.8) is 0 Å². The number of fused-ring (bicyclic) bond motifs is 1. The zero-order chi connectivity index (χ0) is 12.7. The number of hydrogen-bond acceptors (Lipinski definition) is 3. The Hall–Kier alpha value is -1.88. The van der Waals surface area contributed by atoms with Crippen molar-refractivity contribution < 1.29 is 9.90 Å². The van der Waals surface area contributed by atoms with Gasteiger partial charge in [0.05, 0.1) is 11.7 Å². The van der Waals surface area contributed by atoms with Crippen molar-refractivity contribution in [2.45, 2.75) is 18.9 Å². The van der Waals surface area contributed by atoms with Crippen LogP contribution in [0.3, 0.4) is 0 Å². The van der Waals surface area contributed by atoms with Gasteiger partial charge >= 0.3 is 5.97 Å². The molecule has 1 aromatic heterocycles. The first kappa shape index (κ1) is 11.2. The number of nitrogens with zero attached hydrogens (tertiary/aromatic N) is 3. The molecule has 1 N–H and O–H groups in total. The molecule has 1 aromatic carbocycles. The van der Waals surface area contributed by atoms with Crippen molar-refractivity contribution >= 4 is 17.6 Å². The Balaban J connectivity index is 2.06. The SMILES string of the molecule is O=C(O)c1nnn2c1CCC2c1ccccc1Cl. The molecular weight excluding hydrogens is 254 g/mol. The third kappa shape index (κ3) is 1.59. The van der Waals surface area contributed by atoms with Crippen LogP contribution in [0.25, 0.3) is 0 Å². The molecule has 0 bridgehead atoms. The Labute approximate surface area is 108 Å². The first-order valence-corrected chi connectivity index (χ1v) is 5.98. The number of benzene rings is 1. The first-order valence-electron chi connectivity index (χ1n) is 5.60. The summed E-state index contributed by atoms with van der Waals surface area (Å²) in [6.45, 7) is 0. The van der Waals surface area contributed by atoms with E-state index in [2.05, 4.69) is 10.3 Å². The summed E-state index contributed by atoms with van der Waals surface area (Å²) in [4.78, 5) is 11.0. The second kappa shape index (κ2) is 4.10. The van der Waals surface area contributed by atoms with Crippen LogP contribution in [-0.4, -0.2) is 26.1 Å². The highest BCUT2D eigenvalue weighted by Gasteiger charge is 2.31. The van der Waals surface area contributed by atoms with Gasteiger partial charge in [0.25, 0.3) is 0 Å². The van der Waals surface area contributed by atoms with Gasteiger partial charge in [0.15, 0.2) is 5.69 Å². The van der Waals surface area contributed by atoms with Crippen LogP contribution < -0.4 is 0 Å². The van der Waals surface area contributed by atoms with Gasteiger partial charge in [0, 0.05) is 5.02 Å². The van der Waals surface area contributed by atoms with E-state index in [1.165, 1.54) is 0 Å². The zero-order valence-electron chi connectivity index (χ0n) is 9.38. The minimum absolute atomic E-state index is 0.0192. The molecule has 0 radical (unpaired) electrons. The molecule has 0 fully saturated rings. The molecule has 6 heteroatoms. The average molecular weight is 264 g/mol. The van der Waals surface area contributed by atoms with Crippen molar-refractivity contribution in [3.05, 3.63) is 46.2 Å². The van der Waals surface area contributed by atoms with Gasteiger partial charge in [-0.15, -0.1) is 5.10 Å². The van der Waals surface area contributed by atoms with E-state index in [0.717, 1.165) is 12.0 Å². The van der Waals surface area contributed by atoms with Crippen molar-refractivity contribution in [1.29, 1.82) is 0 Å². The third-order valence-corrected chi connectivity index (χ3v) is 3.55. The van der Waals surface area contributed by atoms with Crippen molar-refractivity contribution in [2.75, 3.05) is 0 Å². The van der Waals surface area contributed by atoms with Crippen molar-refractivity contribution in [1.82, 2.24) is 15.0 Å². The van der Waals surface area contributed by atoms with Crippen LogP contribution in [0.4, 0.5) is 0 Å². The van der Waals surface area contributed by atoms with Crippen molar-refractivity contribution in [2.24, 2.45) is 0 Å². The Morgan fingerprint density at radius 2 is 2.22 bits per heavy atom. The monoisotopic (exact) mass is 263 g/mol. The second-order valence-corrected chi connectivity index (χ2v) is 4.62. The van der Waals surface area contributed by atoms with Crippen LogP contribution in [-0.2, 0) is 6.42 Å². The van der Waals surface area contributed by atoms with Gasteiger partial charge in [-0.25, -0.2) is 9.48 Å². The topological polar surface area (TPSA) is 68.0 Å². The summed E-state index contributed by atoms with van der Waals surface area (Å²) in [6, 6.07) is 7.52. The Bertz CT molecular complexity index is 624. The molecule has 1 atom stereocenters. The number of halogens is 1. The van der Waals surface area contributed by atoms with Crippen LogP contribution in [0.5, 0.6) is 0 Å². The Morgan fingerprint density at radius 3 is 2.94 bits per heavy atom. The van der Waals surface area contributed by atoms with Gasteiger partial charge in [-0.2, -0.15) is 0 Å². The van der Waals surface area contributed by atoms with Crippen molar-refractivity contribution in [3.8, 4) is 0 Å². The summed E-state index contributed by atoms with van der Waals surface area (Å²) in [5.41, 5.74) is 1.68. The molecule has 2 aromatic rings. The van der Waals surface area contributed by atoms with E-state index in [1.54, 1.807) is 4.68 Å². The van der Waals surface area contributed by atoms with E-state index in [-0.39, 0.29) is 11.7 Å². The number of aromatic carboxylic acids is 1. The lowest BCUT2D eigenvalue weighted by atomic mass is 10.0. The average Bonchev–Trinajstić information content (AvgIpc) is 2.90. The van der Waals surface area contributed by atoms with Gasteiger partial charge in [-0.3, -0.25) is 0 Å². The maximum absolute atomic E-state index is 11.0. The van der Waals surface area contributed by atoms with Crippen LogP contribution >= 0.6 is 11.6 Å². The molecule has 1 aliphatic rings. The molecule has 5 nitrogen and oxygen atoms in total. The lowest BCUT2D eigenvalue weighted by Crippen LogP contribution is -2.08. The maximum atomic E-state index is 11.0. The van der Waals surface area contributed by atoms with E-state index >= 15 is 0 Å². The molecule has 92 valence electrons. The molecule has 0 amide bonds. The lowest BCUT2D eigenvalue weighted by molar-refractivity contribution is 0.0689. The number of carbonyl (C=O) groups is 1. The normalized spacial score (nSPS) is 17.7. The highest BCUT2D eigenvalue weighted by molar-refractivity contribution is 6.31. The highest BCUT2D eigenvalue weighted by Crippen LogP contribution is 2.35. The van der Waals surface area contributed by atoms with E-state index < -0.39 is 5.97 Å². The predicted molar refractivity (Wildman–Crippen MR) is 64.9 cm³/mol. The van der Waals surface area contributed by atoms with Crippen LogP contribution in [0.15, 0.2) is 24.3 Å². The minimum Gasteiger partial charge on any atom is -0.476 e. The van der Waals surface area contributed by atoms with Gasteiger partial charge < -0.3 is 5.11 Å². The molecule has 0 saturated carbocycles. The van der Waals surface area contributed by atoms with Crippen LogP contribution in [0, 0.1) is 0 Å². The summed E-state index contributed by atoms with van der Waals surface area (Å²) in [5.74, 6) is -1.03. The summed E-state index contributed by atoms with van der Waals surface area (Å²) < 4.78 is 1.67. The molecule has 0 spiro atoms. The number of hydrogen-bond donors (Lipinski definition) is 1. The fourth-order valence-electron chi connectivity index (χ4n) is 2.39. The Kier molecular flexibility index (Phi) is 2.56. The summed E-state index contributed by atoms with van der Waals surface area (Å²) >= 11 is 6.16. The fraction of sp³-hybridized carbons (Fsp3) is 0.250. The van der Waals surface area contributed by atoms with E-state index in [0.29, 0.717) is 17.1 Å². The summed E-state index contributed by atoms with van der Waals surface area (Å²) in [6.07, 6.45) is 1.46. The van der Waals surface area contributed by atoms with Gasteiger partial charge in [-0.1, -0.05) is 35.0 Å². The zero-order valence-corrected chi connectivity index (χ0v) is 10.1. The van der Waals surface area contributed by atoms with E-state index in [4.69, 9.17) is 16.7 Å². The third-order valence-electron chi connectivity index (χ3n) is 3.21. The highest BCUT2D eigenvalue weighted by atomic mass is 35.5. The van der Waals surface area contributed by atoms with E-state index in [1.807, 2.05) is 24.3 Å².